The van der Waals surface area contributed by atoms with E-state index < -0.39 is 0 Å². The van der Waals surface area contributed by atoms with Crippen LogP contribution in [-0.2, 0) is 6.42 Å². The number of hydrogen-bond acceptors (Lipinski definition) is 2. The SMILES string of the molecule is CC[C@@H](Cc1ccccc1)c1cccc(=O)o1. The van der Waals surface area contributed by atoms with Crippen molar-refractivity contribution < 1.29 is 4.42 Å². The third kappa shape index (κ3) is 3.06. The minimum absolute atomic E-state index is 0.269. The van der Waals surface area contributed by atoms with Crippen LogP contribution in [-0.4, -0.2) is 0 Å². The number of rotatable bonds is 4. The molecule has 0 saturated carbocycles. The second-order valence-electron chi connectivity index (χ2n) is 4.14. The molecule has 1 aromatic heterocycles. The monoisotopic (exact) mass is 228 g/mol. The fourth-order valence-electron chi connectivity index (χ4n) is 1.97. The van der Waals surface area contributed by atoms with Gasteiger partial charge in [0.1, 0.15) is 5.76 Å². The quantitative estimate of drug-likeness (QED) is 0.803. The Labute approximate surface area is 101 Å². The summed E-state index contributed by atoms with van der Waals surface area (Å²) in [6, 6.07) is 15.4. The number of hydrogen-bond donors (Lipinski definition) is 0. The van der Waals surface area contributed by atoms with Crippen LogP contribution in [0, 0.1) is 0 Å². The summed E-state index contributed by atoms with van der Waals surface area (Å²) in [6.45, 7) is 2.11. The van der Waals surface area contributed by atoms with E-state index in [4.69, 9.17) is 4.42 Å². The van der Waals surface area contributed by atoms with Crippen LogP contribution in [0.5, 0.6) is 0 Å². The van der Waals surface area contributed by atoms with Crippen molar-refractivity contribution in [1.82, 2.24) is 0 Å². The lowest BCUT2D eigenvalue weighted by molar-refractivity contribution is 0.414. The minimum atomic E-state index is -0.269. The molecule has 0 saturated heterocycles. The van der Waals surface area contributed by atoms with Crippen molar-refractivity contribution in [1.29, 1.82) is 0 Å². The Bertz CT molecular complexity index is 514. The van der Waals surface area contributed by atoms with Crippen LogP contribution in [0.25, 0.3) is 0 Å². The Balaban J connectivity index is 2.20. The Kier molecular flexibility index (Phi) is 3.76. The molecular formula is C15H16O2. The first-order chi connectivity index (χ1) is 8.29. The van der Waals surface area contributed by atoms with E-state index in [0.29, 0.717) is 0 Å². The van der Waals surface area contributed by atoms with Gasteiger partial charge in [0.2, 0.25) is 0 Å². The smallest absolute Gasteiger partial charge is 0.335 e. The van der Waals surface area contributed by atoms with Crippen molar-refractivity contribution >= 4 is 0 Å². The van der Waals surface area contributed by atoms with Gasteiger partial charge >= 0.3 is 5.63 Å². The maximum Gasteiger partial charge on any atom is 0.335 e. The van der Waals surface area contributed by atoms with Crippen LogP contribution in [0.2, 0.25) is 0 Å². The maximum absolute atomic E-state index is 11.2. The van der Waals surface area contributed by atoms with Gasteiger partial charge in [-0.15, -0.1) is 0 Å². The van der Waals surface area contributed by atoms with E-state index in [1.54, 1.807) is 6.07 Å². The molecule has 2 nitrogen and oxygen atoms in total. The molecule has 0 fully saturated rings. The average molecular weight is 228 g/mol. The molecule has 0 aliphatic carbocycles. The summed E-state index contributed by atoms with van der Waals surface area (Å²) in [5.74, 6) is 1.05. The molecular weight excluding hydrogens is 212 g/mol. The molecule has 0 radical (unpaired) electrons. The molecule has 0 aliphatic rings. The molecule has 0 unspecified atom stereocenters. The second-order valence-corrected chi connectivity index (χ2v) is 4.14. The minimum Gasteiger partial charge on any atom is -0.428 e. The van der Waals surface area contributed by atoms with E-state index in [2.05, 4.69) is 19.1 Å². The van der Waals surface area contributed by atoms with E-state index in [1.165, 1.54) is 11.6 Å². The predicted molar refractivity (Wildman–Crippen MR) is 68.2 cm³/mol. The zero-order valence-electron chi connectivity index (χ0n) is 9.93. The van der Waals surface area contributed by atoms with E-state index in [1.807, 2.05) is 24.3 Å². The van der Waals surface area contributed by atoms with Crippen molar-refractivity contribution in [2.75, 3.05) is 0 Å². The van der Waals surface area contributed by atoms with Crippen molar-refractivity contribution in [3.05, 3.63) is 70.3 Å². The molecule has 1 aromatic carbocycles. The van der Waals surface area contributed by atoms with Crippen molar-refractivity contribution in [3.8, 4) is 0 Å². The van der Waals surface area contributed by atoms with Crippen molar-refractivity contribution in [2.24, 2.45) is 0 Å². The Morgan fingerprint density at radius 2 is 1.82 bits per heavy atom. The van der Waals surface area contributed by atoms with Gasteiger partial charge < -0.3 is 4.42 Å². The van der Waals surface area contributed by atoms with Crippen molar-refractivity contribution in [2.45, 2.75) is 25.7 Å². The fourth-order valence-corrected chi connectivity index (χ4v) is 1.97. The molecule has 1 heterocycles. The standard InChI is InChI=1S/C15H16O2/c1-2-13(11-12-7-4-3-5-8-12)14-9-6-10-15(16)17-14/h3-10,13H,2,11H2,1H3/t13-/m0/s1. The summed E-state index contributed by atoms with van der Waals surface area (Å²) in [5.41, 5.74) is 1.000. The highest BCUT2D eigenvalue weighted by atomic mass is 16.4. The lowest BCUT2D eigenvalue weighted by atomic mass is 9.94. The largest absolute Gasteiger partial charge is 0.428 e. The van der Waals surface area contributed by atoms with Crippen LogP contribution < -0.4 is 5.63 Å². The highest BCUT2D eigenvalue weighted by Crippen LogP contribution is 2.22. The highest BCUT2D eigenvalue weighted by Gasteiger charge is 2.12. The highest BCUT2D eigenvalue weighted by molar-refractivity contribution is 5.18. The molecule has 2 rings (SSSR count). The molecule has 0 spiro atoms. The van der Waals surface area contributed by atoms with E-state index in [9.17, 15) is 4.79 Å². The van der Waals surface area contributed by atoms with E-state index in [-0.39, 0.29) is 11.5 Å². The first kappa shape index (κ1) is 11.6. The average Bonchev–Trinajstić information content (AvgIpc) is 2.37. The maximum atomic E-state index is 11.2. The molecule has 17 heavy (non-hydrogen) atoms. The van der Waals surface area contributed by atoms with Crippen LogP contribution in [0.4, 0.5) is 0 Å². The summed E-state index contributed by atoms with van der Waals surface area (Å²) in [4.78, 5) is 11.2. The Morgan fingerprint density at radius 1 is 1.06 bits per heavy atom. The van der Waals surface area contributed by atoms with Crippen LogP contribution in [0.15, 0.2) is 57.7 Å². The van der Waals surface area contributed by atoms with Gasteiger partial charge in [0.15, 0.2) is 0 Å². The van der Waals surface area contributed by atoms with Gasteiger partial charge in [-0.25, -0.2) is 4.79 Å². The Morgan fingerprint density at radius 3 is 2.47 bits per heavy atom. The molecule has 1 atom stereocenters. The summed E-state index contributed by atoms with van der Waals surface area (Å²) in [7, 11) is 0. The van der Waals surface area contributed by atoms with Crippen molar-refractivity contribution in [3.63, 3.8) is 0 Å². The van der Waals surface area contributed by atoms with Gasteiger partial charge in [0, 0.05) is 12.0 Å². The third-order valence-electron chi connectivity index (χ3n) is 2.93. The summed E-state index contributed by atoms with van der Waals surface area (Å²) in [6.07, 6.45) is 1.87. The number of benzene rings is 1. The first-order valence-corrected chi connectivity index (χ1v) is 5.93. The van der Waals surface area contributed by atoms with Gasteiger partial charge in [-0.1, -0.05) is 43.3 Å². The lowest BCUT2D eigenvalue weighted by Gasteiger charge is -2.13. The van der Waals surface area contributed by atoms with Gasteiger partial charge in [-0.3, -0.25) is 0 Å². The molecule has 0 aliphatic heterocycles. The van der Waals surface area contributed by atoms with Gasteiger partial charge in [-0.05, 0) is 24.5 Å². The van der Waals surface area contributed by atoms with E-state index in [0.717, 1.165) is 18.6 Å². The molecule has 0 amide bonds. The third-order valence-corrected chi connectivity index (χ3v) is 2.93. The normalized spacial score (nSPS) is 12.3. The molecule has 2 aromatic rings. The topological polar surface area (TPSA) is 30.2 Å². The van der Waals surface area contributed by atoms with Gasteiger partial charge in [-0.2, -0.15) is 0 Å². The zero-order chi connectivity index (χ0) is 12.1. The van der Waals surface area contributed by atoms with Crippen LogP contribution >= 0.6 is 0 Å². The predicted octanol–water partition coefficient (Wildman–Crippen LogP) is 3.38. The summed E-state index contributed by atoms with van der Waals surface area (Å²) in [5, 5.41) is 0. The molecule has 2 heteroatoms. The molecule has 88 valence electrons. The summed E-state index contributed by atoms with van der Waals surface area (Å²) < 4.78 is 5.25. The zero-order valence-corrected chi connectivity index (χ0v) is 9.93. The van der Waals surface area contributed by atoms with Gasteiger partial charge in [0.25, 0.3) is 0 Å². The van der Waals surface area contributed by atoms with E-state index >= 15 is 0 Å². The van der Waals surface area contributed by atoms with Crippen LogP contribution in [0.1, 0.15) is 30.6 Å². The van der Waals surface area contributed by atoms with Gasteiger partial charge in [0.05, 0.1) is 0 Å². The molecule has 0 N–H and O–H groups in total. The Hall–Kier alpha value is -1.83. The second kappa shape index (κ2) is 5.48. The first-order valence-electron chi connectivity index (χ1n) is 5.93. The molecule has 0 bridgehead atoms. The van der Waals surface area contributed by atoms with Crippen LogP contribution in [0.3, 0.4) is 0 Å². The fraction of sp³-hybridized carbons (Fsp3) is 0.267. The summed E-state index contributed by atoms with van der Waals surface area (Å²) >= 11 is 0. The lowest BCUT2D eigenvalue weighted by Crippen LogP contribution is -2.06.